The molecule has 0 amide bonds. The average molecular weight is 271 g/mol. The van der Waals surface area contributed by atoms with Crippen molar-refractivity contribution in [2.24, 2.45) is 0 Å². The van der Waals surface area contributed by atoms with Crippen LogP contribution in [0.2, 0.25) is 0 Å². The molecule has 2 heterocycles. The van der Waals surface area contributed by atoms with Crippen LogP contribution in [0.4, 0.5) is 0 Å². The summed E-state index contributed by atoms with van der Waals surface area (Å²) in [5, 5.41) is 3.82. The number of carbonyl (C=O) groups is 1. The minimum Gasteiger partial charge on any atom is -0.339 e. The van der Waals surface area contributed by atoms with Gasteiger partial charge in [0.1, 0.15) is 0 Å². The van der Waals surface area contributed by atoms with Crippen molar-refractivity contribution in [3.63, 3.8) is 0 Å². The summed E-state index contributed by atoms with van der Waals surface area (Å²) in [5.74, 6) is 1.89. The van der Waals surface area contributed by atoms with Crippen LogP contribution in [0.15, 0.2) is 28.8 Å². The van der Waals surface area contributed by atoms with Crippen LogP contribution in [0.3, 0.4) is 0 Å². The van der Waals surface area contributed by atoms with E-state index in [4.69, 9.17) is 4.52 Å². The van der Waals surface area contributed by atoms with Crippen LogP contribution in [0.5, 0.6) is 0 Å². The lowest BCUT2D eigenvalue weighted by Gasteiger charge is -2.37. The summed E-state index contributed by atoms with van der Waals surface area (Å²) in [5.41, 5.74) is 1.98. The van der Waals surface area contributed by atoms with Crippen molar-refractivity contribution in [1.82, 2.24) is 15.0 Å². The van der Waals surface area contributed by atoms with E-state index >= 15 is 0 Å². The van der Waals surface area contributed by atoms with Gasteiger partial charge in [0.05, 0.1) is 5.92 Å². The second-order valence-electron chi connectivity index (χ2n) is 5.32. The molecule has 0 bridgehead atoms. The highest BCUT2D eigenvalue weighted by molar-refractivity contribution is 5.93. The normalized spacial score (nSPS) is 16.1. The Morgan fingerprint density at radius 2 is 2.05 bits per heavy atom. The number of rotatable bonds is 4. The average Bonchev–Trinajstić information content (AvgIpc) is 2.80. The lowest BCUT2D eigenvalue weighted by Crippen LogP contribution is -2.44. The maximum atomic E-state index is 11.2. The van der Waals surface area contributed by atoms with Crippen molar-refractivity contribution in [3.8, 4) is 0 Å². The summed E-state index contributed by atoms with van der Waals surface area (Å²) >= 11 is 0. The smallest absolute Gasteiger partial charge is 0.232 e. The molecule has 0 N–H and O–H groups in total. The van der Waals surface area contributed by atoms with Gasteiger partial charge in [-0.25, -0.2) is 0 Å². The second kappa shape index (κ2) is 5.17. The molecule has 0 atom stereocenters. The molecule has 1 fully saturated rings. The first-order valence-corrected chi connectivity index (χ1v) is 6.74. The third-order valence-electron chi connectivity index (χ3n) is 3.62. The number of Topliss-reactive ketones (excluding diaryl/α,β-unsaturated/α-hetero) is 1. The first kappa shape index (κ1) is 13.0. The predicted octanol–water partition coefficient (Wildman–Crippen LogP) is 2.18. The number of likely N-dealkylation sites (tertiary alicyclic amines) is 1. The zero-order valence-electron chi connectivity index (χ0n) is 11.7. The summed E-state index contributed by atoms with van der Waals surface area (Å²) in [6, 6.07) is 7.80. The highest BCUT2D eigenvalue weighted by Gasteiger charge is 2.32. The minimum atomic E-state index is 0.104. The summed E-state index contributed by atoms with van der Waals surface area (Å²) < 4.78 is 5.18. The minimum absolute atomic E-state index is 0.104. The number of carbonyl (C=O) groups excluding carboxylic acids is 1. The van der Waals surface area contributed by atoms with Gasteiger partial charge in [-0.05, 0) is 19.4 Å². The van der Waals surface area contributed by atoms with Crippen molar-refractivity contribution >= 4 is 5.78 Å². The van der Waals surface area contributed by atoms with Gasteiger partial charge in [0.2, 0.25) is 5.89 Å². The molecule has 0 aliphatic carbocycles. The number of hydrogen-bond donors (Lipinski definition) is 0. The van der Waals surface area contributed by atoms with Crippen LogP contribution >= 0.6 is 0 Å². The maximum Gasteiger partial charge on any atom is 0.232 e. The van der Waals surface area contributed by atoms with Gasteiger partial charge in [0, 0.05) is 25.2 Å². The van der Waals surface area contributed by atoms with Crippen LogP contribution in [0.1, 0.15) is 40.5 Å². The summed E-state index contributed by atoms with van der Waals surface area (Å²) in [6.45, 7) is 6.19. The molecule has 5 nitrogen and oxygen atoms in total. The van der Waals surface area contributed by atoms with Crippen molar-refractivity contribution in [2.75, 3.05) is 13.1 Å². The summed E-state index contributed by atoms with van der Waals surface area (Å²) in [4.78, 5) is 17.8. The number of aromatic nitrogens is 2. The third kappa shape index (κ3) is 2.63. The Labute approximate surface area is 117 Å². The second-order valence-corrected chi connectivity index (χ2v) is 5.32. The molecule has 2 aromatic rings. The molecule has 0 radical (unpaired) electrons. The Hall–Kier alpha value is -2.01. The molecule has 3 rings (SSSR count). The molecule has 20 heavy (non-hydrogen) atoms. The number of ketones is 1. The fraction of sp³-hybridized carbons (Fsp3) is 0.400. The van der Waals surface area contributed by atoms with Gasteiger partial charge in [-0.2, -0.15) is 4.98 Å². The molecule has 1 saturated heterocycles. The van der Waals surface area contributed by atoms with Crippen molar-refractivity contribution < 1.29 is 9.32 Å². The molecule has 1 aromatic carbocycles. The fourth-order valence-electron chi connectivity index (χ4n) is 2.44. The van der Waals surface area contributed by atoms with Gasteiger partial charge in [-0.15, -0.1) is 0 Å². The summed E-state index contributed by atoms with van der Waals surface area (Å²) in [7, 11) is 0. The van der Waals surface area contributed by atoms with Crippen LogP contribution in [-0.4, -0.2) is 33.9 Å². The Balaban J connectivity index is 1.54. The number of hydrogen-bond acceptors (Lipinski definition) is 5. The Morgan fingerprint density at radius 3 is 2.60 bits per heavy atom. The van der Waals surface area contributed by atoms with E-state index in [-0.39, 0.29) is 5.78 Å². The number of aryl methyl sites for hydroxylation is 1. The first-order chi connectivity index (χ1) is 9.61. The van der Waals surface area contributed by atoms with Crippen LogP contribution in [-0.2, 0) is 6.54 Å². The summed E-state index contributed by atoms with van der Waals surface area (Å²) in [6.07, 6.45) is 0. The van der Waals surface area contributed by atoms with Gasteiger partial charge in [-0.3, -0.25) is 9.69 Å². The monoisotopic (exact) mass is 271 g/mol. The molecular weight excluding hydrogens is 254 g/mol. The van der Waals surface area contributed by atoms with Gasteiger partial charge in [0.15, 0.2) is 11.6 Å². The first-order valence-electron chi connectivity index (χ1n) is 6.74. The highest BCUT2D eigenvalue weighted by Crippen LogP contribution is 2.27. The van der Waals surface area contributed by atoms with E-state index in [2.05, 4.69) is 15.0 Å². The molecule has 104 valence electrons. The maximum absolute atomic E-state index is 11.2. The van der Waals surface area contributed by atoms with Crippen LogP contribution in [0.25, 0.3) is 0 Å². The predicted molar refractivity (Wildman–Crippen MR) is 73.5 cm³/mol. The Kier molecular flexibility index (Phi) is 3.36. The lowest BCUT2D eigenvalue weighted by atomic mass is 9.99. The van der Waals surface area contributed by atoms with Crippen LogP contribution in [0, 0.1) is 6.92 Å². The fourth-order valence-corrected chi connectivity index (χ4v) is 2.44. The zero-order chi connectivity index (χ0) is 14.1. The van der Waals surface area contributed by atoms with Gasteiger partial charge in [0.25, 0.3) is 0 Å². The van der Waals surface area contributed by atoms with Gasteiger partial charge >= 0.3 is 0 Å². The van der Waals surface area contributed by atoms with E-state index in [9.17, 15) is 4.79 Å². The zero-order valence-corrected chi connectivity index (χ0v) is 11.7. The molecule has 0 spiro atoms. The molecule has 1 aromatic heterocycles. The van der Waals surface area contributed by atoms with E-state index in [1.54, 1.807) is 6.92 Å². The molecular formula is C15H17N3O2. The standard InChI is InChI=1S/C15H17N3O2/c1-10(19)13-5-3-12(4-6-13)7-18-8-14(9-18)15-16-11(2)17-20-15/h3-6,14H,7-9H2,1-2H3. The van der Waals surface area contributed by atoms with E-state index in [0.717, 1.165) is 31.1 Å². The van der Waals surface area contributed by atoms with E-state index < -0.39 is 0 Å². The van der Waals surface area contributed by atoms with Crippen molar-refractivity contribution in [3.05, 3.63) is 47.1 Å². The van der Waals surface area contributed by atoms with Gasteiger partial charge < -0.3 is 4.52 Å². The van der Waals surface area contributed by atoms with E-state index in [1.165, 1.54) is 5.56 Å². The lowest BCUT2D eigenvalue weighted by molar-refractivity contribution is 0.101. The quantitative estimate of drug-likeness (QED) is 0.798. The van der Waals surface area contributed by atoms with E-state index in [0.29, 0.717) is 11.7 Å². The molecule has 0 saturated carbocycles. The topological polar surface area (TPSA) is 59.2 Å². The van der Waals surface area contributed by atoms with Gasteiger partial charge in [-0.1, -0.05) is 29.4 Å². The number of benzene rings is 1. The SMILES string of the molecule is CC(=O)c1ccc(CN2CC(c3nc(C)no3)C2)cc1. The largest absolute Gasteiger partial charge is 0.339 e. The highest BCUT2D eigenvalue weighted by atomic mass is 16.5. The van der Waals surface area contributed by atoms with Crippen LogP contribution < -0.4 is 0 Å². The molecule has 1 aliphatic heterocycles. The van der Waals surface area contributed by atoms with Crippen molar-refractivity contribution in [2.45, 2.75) is 26.3 Å². The third-order valence-corrected chi connectivity index (χ3v) is 3.62. The Bertz CT molecular complexity index is 612. The number of nitrogens with zero attached hydrogens (tertiary/aromatic N) is 3. The molecule has 5 heteroatoms. The van der Waals surface area contributed by atoms with E-state index in [1.807, 2.05) is 31.2 Å². The molecule has 0 unspecified atom stereocenters. The van der Waals surface area contributed by atoms with Crippen molar-refractivity contribution in [1.29, 1.82) is 0 Å². The Morgan fingerprint density at radius 1 is 1.35 bits per heavy atom. The molecule has 1 aliphatic rings.